The second-order valence-electron chi connectivity index (χ2n) is 6.16. The number of hydrogen-bond donors (Lipinski definition) is 1. The fourth-order valence-corrected chi connectivity index (χ4v) is 2.11. The van der Waals surface area contributed by atoms with Gasteiger partial charge >= 0.3 is 6.03 Å². The summed E-state index contributed by atoms with van der Waals surface area (Å²) >= 11 is 0. The first-order valence-corrected chi connectivity index (χ1v) is 7.60. The smallest absolute Gasteiger partial charge is 0.317 e. The average Bonchev–Trinajstić information content (AvgIpc) is 2.44. The van der Waals surface area contributed by atoms with E-state index in [1.54, 1.807) is 24.1 Å². The SMILES string of the molecule is CC(C)CCC(C)NC(=O)N(C)C(C)c1ccc(F)cc1. The summed E-state index contributed by atoms with van der Waals surface area (Å²) in [5.74, 6) is 0.376. The molecule has 1 aromatic carbocycles. The number of nitrogens with zero attached hydrogens (tertiary/aromatic N) is 1. The van der Waals surface area contributed by atoms with Gasteiger partial charge in [-0.1, -0.05) is 26.0 Å². The molecule has 0 saturated carbocycles. The van der Waals surface area contributed by atoms with Crippen LogP contribution in [0.1, 0.15) is 52.1 Å². The van der Waals surface area contributed by atoms with Gasteiger partial charge in [-0.3, -0.25) is 0 Å². The number of carbonyl (C=O) groups excluding carboxylic acids is 1. The Morgan fingerprint density at radius 2 is 1.71 bits per heavy atom. The lowest BCUT2D eigenvalue weighted by Gasteiger charge is -2.27. The number of benzene rings is 1. The normalized spacial score (nSPS) is 13.9. The van der Waals surface area contributed by atoms with Gasteiger partial charge in [-0.05, 0) is 50.3 Å². The van der Waals surface area contributed by atoms with E-state index in [4.69, 9.17) is 0 Å². The second-order valence-corrected chi connectivity index (χ2v) is 6.16. The summed E-state index contributed by atoms with van der Waals surface area (Å²) in [6, 6.07) is 6.23. The van der Waals surface area contributed by atoms with Crippen LogP contribution in [0.3, 0.4) is 0 Å². The van der Waals surface area contributed by atoms with Crippen LogP contribution in [0.5, 0.6) is 0 Å². The van der Waals surface area contributed by atoms with Crippen molar-refractivity contribution in [2.75, 3.05) is 7.05 Å². The van der Waals surface area contributed by atoms with Gasteiger partial charge in [-0.2, -0.15) is 0 Å². The van der Waals surface area contributed by atoms with Crippen molar-refractivity contribution in [1.29, 1.82) is 0 Å². The number of amides is 2. The maximum Gasteiger partial charge on any atom is 0.317 e. The maximum absolute atomic E-state index is 12.9. The minimum Gasteiger partial charge on any atom is -0.336 e. The quantitative estimate of drug-likeness (QED) is 0.831. The number of hydrogen-bond acceptors (Lipinski definition) is 1. The van der Waals surface area contributed by atoms with Gasteiger partial charge in [0.25, 0.3) is 0 Å². The molecule has 2 amide bonds. The molecular weight excluding hydrogens is 267 g/mol. The summed E-state index contributed by atoms with van der Waals surface area (Å²) in [6.07, 6.45) is 2.07. The monoisotopic (exact) mass is 294 g/mol. The molecule has 0 bridgehead atoms. The lowest BCUT2D eigenvalue weighted by molar-refractivity contribution is 0.190. The molecule has 0 heterocycles. The molecule has 3 nitrogen and oxygen atoms in total. The summed E-state index contributed by atoms with van der Waals surface area (Å²) in [4.78, 5) is 13.9. The third-order valence-electron chi connectivity index (χ3n) is 3.80. The van der Waals surface area contributed by atoms with E-state index in [1.807, 2.05) is 13.8 Å². The number of urea groups is 1. The molecule has 0 aliphatic heterocycles. The Balaban J connectivity index is 2.55. The zero-order valence-electron chi connectivity index (χ0n) is 13.7. The number of halogens is 1. The summed E-state index contributed by atoms with van der Waals surface area (Å²) in [6.45, 7) is 8.32. The predicted molar refractivity (Wildman–Crippen MR) is 84.6 cm³/mol. The van der Waals surface area contributed by atoms with Crippen molar-refractivity contribution in [1.82, 2.24) is 10.2 Å². The highest BCUT2D eigenvalue weighted by Crippen LogP contribution is 2.19. The largest absolute Gasteiger partial charge is 0.336 e. The van der Waals surface area contributed by atoms with Crippen molar-refractivity contribution in [3.63, 3.8) is 0 Å². The first-order valence-electron chi connectivity index (χ1n) is 7.60. The molecule has 4 heteroatoms. The van der Waals surface area contributed by atoms with Crippen LogP contribution in [0.4, 0.5) is 9.18 Å². The van der Waals surface area contributed by atoms with Gasteiger partial charge in [0.05, 0.1) is 6.04 Å². The summed E-state index contributed by atoms with van der Waals surface area (Å²) < 4.78 is 12.9. The van der Waals surface area contributed by atoms with E-state index in [0.29, 0.717) is 5.92 Å². The Hall–Kier alpha value is -1.58. The molecule has 0 aromatic heterocycles. The Morgan fingerprint density at radius 1 is 1.14 bits per heavy atom. The minimum atomic E-state index is -0.264. The molecule has 0 fully saturated rings. The van der Waals surface area contributed by atoms with Crippen LogP contribution in [0.2, 0.25) is 0 Å². The molecule has 21 heavy (non-hydrogen) atoms. The zero-order chi connectivity index (χ0) is 16.0. The van der Waals surface area contributed by atoms with Gasteiger partial charge in [-0.15, -0.1) is 0 Å². The predicted octanol–water partition coefficient (Wildman–Crippen LogP) is 4.35. The molecule has 0 spiro atoms. The second kappa shape index (κ2) is 8.01. The first kappa shape index (κ1) is 17.5. The highest BCUT2D eigenvalue weighted by molar-refractivity contribution is 5.74. The van der Waals surface area contributed by atoms with E-state index in [1.165, 1.54) is 12.1 Å². The van der Waals surface area contributed by atoms with Crippen molar-refractivity contribution in [3.8, 4) is 0 Å². The zero-order valence-corrected chi connectivity index (χ0v) is 13.7. The topological polar surface area (TPSA) is 32.3 Å². The van der Waals surface area contributed by atoms with Crippen LogP contribution in [0.25, 0.3) is 0 Å². The van der Waals surface area contributed by atoms with Crippen LogP contribution in [0, 0.1) is 11.7 Å². The van der Waals surface area contributed by atoms with E-state index >= 15 is 0 Å². The fraction of sp³-hybridized carbons (Fsp3) is 0.588. The highest BCUT2D eigenvalue weighted by Gasteiger charge is 2.18. The third kappa shape index (κ3) is 5.74. The van der Waals surface area contributed by atoms with E-state index in [-0.39, 0.29) is 23.9 Å². The van der Waals surface area contributed by atoms with E-state index in [9.17, 15) is 9.18 Å². The number of nitrogens with one attached hydrogen (secondary N) is 1. The molecule has 118 valence electrons. The van der Waals surface area contributed by atoms with E-state index in [2.05, 4.69) is 19.2 Å². The van der Waals surface area contributed by atoms with Gasteiger partial charge < -0.3 is 10.2 Å². The molecule has 0 aliphatic rings. The van der Waals surface area contributed by atoms with Gasteiger partial charge in [0.2, 0.25) is 0 Å². The molecule has 0 radical (unpaired) electrons. The van der Waals surface area contributed by atoms with Crippen LogP contribution >= 0.6 is 0 Å². The van der Waals surface area contributed by atoms with Crippen molar-refractivity contribution in [3.05, 3.63) is 35.6 Å². The van der Waals surface area contributed by atoms with E-state index < -0.39 is 0 Å². The molecule has 0 saturated heterocycles. The average molecular weight is 294 g/mol. The summed E-state index contributed by atoms with van der Waals surface area (Å²) in [5, 5.41) is 3.01. The molecule has 0 aliphatic carbocycles. The van der Waals surface area contributed by atoms with Gasteiger partial charge in [-0.25, -0.2) is 9.18 Å². The maximum atomic E-state index is 12.9. The van der Waals surface area contributed by atoms with Crippen LogP contribution < -0.4 is 5.32 Å². The number of carbonyl (C=O) groups is 1. The standard InChI is InChI=1S/C17H27FN2O/c1-12(2)6-7-13(3)19-17(21)20(5)14(4)15-8-10-16(18)11-9-15/h8-14H,6-7H2,1-5H3,(H,19,21). The molecule has 1 rings (SSSR count). The summed E-state index contributed by atoms with van der Waals surface area (Å²) in [7, 11) is 1.76. The molecule has 1 aromatic rings. The van der Waals surface area contributed by atoms with E-state index in [0.717, 1.165) is 18.4 Å². The Bertz CT molecular complexity index is 445. The molecule has 1 N–H and O–H groups in total. The van der Waals surface area contributed by atoms with Crippen molar-refractivity contribution >= 4 is 6.03 Å². The Labute approximate surface area is 127 Å². The third-order valence-corrected chi connectivity index (χ3v) is 3.80. The van der Waals surface area contributed by atoms with Gasteiger partial charge in [0.1, 0.15) is 5.82 Å². The molecule has 2 atom stereocenters. The lowest BCUT2D eigenvalue weighted by atomic mass is 10.0. The minimum absolute atomic E-state index is 0.0944. The number of rotatable bonds is 6. The molecule has 2 unspecified atom stereocenters. The van der Waals surface area contributed by atoms with Gasteiger partial charge in [0, 0.05) is 13.1 Å². The Kier molecular flexibility index (Phi) is 6.66. The van der Waals surface area contributed by atoms with Crippen LogP contribution in [-0.2, 0) is 0 Å². The highest BCUT2D eigenvalue weighted by atomic mass is 19.1. The van der Waals surface area contributed by atoms with Gasteiger partial charge in [0.15, 0.2) is 0 Å². The first-order chi connectivity index (χ1) is 9.81. The lowest BCUT2D eigenvalue weighted by Crippen LogP contribution is -2.43. The van der Waals surface area contributed by atoms with Crippen molar-refractivity contribution < 1.29 is 9.18 Å². The van der Waals surface area contributed by atoms with Crippen LogP contribution in [-0.4, -0.2) is 24.0 Å². The summed E-state index contributed by atoms with van der Waals surface area (Å²) in [5.41, 5.74) is 0.920. The molecular formula is C17H27FN2O. The van der Waals surface area contributed by atoms with Crippen molar-refractivity contribution in [2.45, 2.75) is 52.6 Å². The fourth-order valence-electron chi connectivity index (χ4n) is 2.11. The Morgan fingerprint density at radius 3 is 2.24 bits per heavy atom. The van der Waals surface area contributed by atoms with Crippen molar-refractivity contribution in [2.24, 2.45) is 5.92 Å². The van der Waals surface area contributed by atoms with Crippen LogP contribution in [0.15, 0.2) is 24.3 Å².